The zero-order valence-corrected chi connectivity index (χ0v) is 13.1. The van der Waals surface area contributed by atoms with Crippen LogP contribution in [0.1, 0.15) is 34.2 Å². The summed E-state index contributed by atoms with van der Waals surface area (Å²) in [6.45, 7) is 2.74. The molecule has 2 atom stereocenters. The lowest BCUT2D eigenvalue weighted by molar-refractivity contribution is -0.142. The normalized spacial score (nSPS) is 20.2. The van der Waals surface area contributed by atoms with E-state index in [2.05, 4.69) is 0 Å². The Kier molecular flexibility index (Phi) is 4.27. The molecule has 1 aromatic carbocycles. The summed E-state index contributed by atoms with van der Waals surface area (Å²) in [5, 5.41) is 9.47. The van der Waals surface area contributed by atoms with E-state index >= 15 is 0 Å². The van der Waals surface area contributed by atoms with E-state index < -0.39 is 12.0 Å². The molecule has 0 aliphatic carbocycles. The molecule has 0 bridgehead atoms. The highest BCUT2D eigenvalue weighted by molar-refractivity contribution is 7.12. The summed E-state index contributed by atoms with van der Waals surface area (Å²) in [5.41, 5.74) is 0.815. The fraction of sp³-hybridized carbons (Fsp3) is 0.353. The molecule has 2 unspecified atom stereocenters. The number of aryl methyl sites for hydroxylation is 1. The number of likely N-dealkylation sites (tertiary alicyclic amines) is 1. The lowest BCUT2D eigenvalue weighted by Gasteiger charge is -2.31. The highest BCUT2D eigenvalue weighted by Crippen LogP contribution is 2.38. The summed E-state index contributed by atoms with van der Waals surface area (Å²) in [6.07, 6.45) is 1.50. The number of thiophene rings is 1. The maximum atomic E-state index is 13.7. The van der Waals surface area contributed by atoms with Crippen molar-refractivity contribution in [3.05, 3.63) is 57.5 Å². The first-order valence-electron chi connectivity index (χ1n) is 7.36. The van der Waals surface area contributed by atoms with Crippen LogP contribution in [0.25, 0.3) is 0 Å². The molecule has 1 N–H and O–H groups in total. The Hall–Kier alpha value is -1.72. The number of nitrogens with zero attached hydrogens (tertiary/aromatic N) is 1. The van der Waals surface area contributed by atoms with Crippen molar-refractivity contribution >= 4 is 17.3 Å². The van der Waals surface area contributed by atoms with Crippen molar-refractivity contribution < 1.29 is 14.3 Å². The van der Waals surface area contributed by atoms with Crippen LogP contribution in [0.2, 0.25) is 0 Å². The number of halogens is 1. The number of rotatable bonds is 4. The van der Waals surface area contributed by atoms with Gasteiger partial charge < -0.3 is 5.11 Å². The quantitative estimate of drug-likeness (QED) is 0.931. The summed E-state index contributed by atoms with van der Waals surface area (Å²) in [6, 6.07) is 9.83. The number of hydrogen-bond donors (Lipinski definition) is 1. The van der Waals surface area contributed by atoms with Gasteiger partial charge in [-0.15, -0.1) is 11.3 Å². The third-order valence-electron chi connectivity index (χ3n) is 4.11. The maximum Gasteiger partial charge on any atom is 0.320 e. The molecule has 1 aliphatic heterocycles. The van der Waals surface area contributed by atoms with Gasteiger partial charge in [0.05, 0.1) is 6.04 Å². The zero-order chi connectivity index (χ0) is 15.7. The molecule has 3 nitrogen and oxygen atoms in total. The van der Waals surface area contributed by atoms with Gasteiger partial charge in [0, 0.05) is 16.3 Å². The van der Waals surface area contributed by atoms with Crippen LogP contribution in [0, 0.1) is 12.7 Å². The van der Waals surface area contributed by atoms with Crippen molar-refractivity contribution in [3.63, 3.8) is 0 Å². The van der Waals surface area contributed by atoms with E-state index in [0.29, 0.717) is 6.42 Å². The van der Waals surface area contributed by atoms with E-state index in [1.165, 1.54) is 17.0 Å². The summed E-state index contributed by atoms with van der Waals surface area (Å²) in [7, 11) is 0. The molecule has 22 heavy (non-hydrogen) atoms. The molecule has 116 valence electrons. The van der Waals surface area contributed by atoms with Crippen molar-refractivity contribution in [2.75, 3.05) is 6.54 Å². The summed E-state index contributed by atoms with van der Waals surface area (Å²) in [4.78, 5) is 15.8. The van der Waals surface area contributed by atoms with Gasteiger partial charge in [0.1, 0.15) is 11.9 Å². The van der Waals surface area contributed by atoms with Crippen LogP contribution in [-0.2, 0) is 4.79 Å². The number of carbonyl (C=O) groups is 1. The first-order chi connectivity index (χ1) is 10.6. The third kappa shape index (κ3) is 2.91. The third-order valence-corrected chi connectivity index (χ3v) is 5.16. The van der Waals surface area contributed by atoms with Gasteiger partial charge in [-0.2, -0.15) is 0 Å². The standard InChI is InChI=1S/C17H18FNO2S/c1-11-7-8-15(22-11)16(12-4-2-5-13(18)10-12)19-9-3-6-14(19)17(20)21/h2,4-5,7-8,10,14,16H,3,6,9H2,1H3,(H,20,21). The molecule has 0 amide bonds. The smallest absolute Gasteiger partial charge is 0.320 e. The number of carboxylic acid groups (broad SMARTS) is 1. The maximum absolute atomic E-state index is 13.7. The second-order valence-corrected chi connectivity index (χ2v) is 6.96. The first-order valence-corrected chi connectivity index (χ1v) is 8.18. The van der Waals surface area contributed by atoms with E-state index in [1.807, 2.05) is 30.0 Å². The van der Waals surface area contributed by atoms with Crippen LogP contribution in [-0.4, -0.2) is 28.6 Å². The number of carboxylic acids is 1. The van der Waals surface area contributed by atoms with E-state index in [-0.39, 0.29) is 11.9 Å². The fourth-order valence-electron chi connectivity index (χ4n) is 3.16. The molecule has 1 saturated heterocycles. The largest absolute Gasteiger partial charge is 0.480 e. The Balaban J connectivity index is 2.05. The van der Waals surface area contributed by atoms with Gasteiger partial charge in [0.2, 0.25) is 0 Å². The van der Waals surface area contributed by atoms with Gasteiger partial charge in [-0.05, 0) is 49.6 Å². The van der Waals surface area contributed by atoms with Gasteiger partial charge in [-0.25, -0.2) is 4.39 Å². The summed E-state index contributed by atoms with van der Waals surface area (Å²) in [5.74, 6) is -1.09. The minimum absolute atomic E-state index is 0.196. The first kappa shape index (κ1) is 15.2. The van der Waals surface area contributed by atoms with Crippen molar-refractivity contribution in [3.8, 4) is 0 Å². The molecular weight excluding hydrogens is 301 g/mol. The Morgan fingerprint density at radius 3 is 2.86 bits per heavy atom. The number of benzene rings is 1. The van der Waals surface area contributed by atoms with E-state index in [4.69, 9.17) is 0 Å². The second kappa shape index (κ2) is 6.18. The Bertz CT molecular complexity index is 685. The monoisotopic (exact) mass is 319 g/mol. The van der Waals surface area contributed by atoms with Crippen molar-refractivity contribution in [1.29, 1.82) is 0 Å². The van der Waals surface area contributed by atoms with Crippen molar-refractivity contribution in [1.82, 2.24) is 4.90 Å². The predicted molar refractivity (Wildman–Crippen MR) is 84.7 cm³/mol. The zero-order valence-electron chi connectivity index (χ0n) is 12.3. The van der Waals surface area contributed by atoms with Gasteiger partial charge >= 0.3 is 5.97 Å². The van der Waals surface area contributed by atoms with E-state index in [1.54, 1.807) is 17.4 Å². The molecule has 0 spiro atoms. The molecule has 1 fully saturated rings. The Morgan fingerprint density at radius 1 is 1.41 bits per heavy atom. The molecule has 2 heterocycles. The number of hydrogen-bond acceptors (Lipinski definition) is 3. The van der Waals surface area contributed by atoms with Gasteiger partial charge in [-0.3, -0.25) is 9.69 Å². The van der Waals surface area contributed by atoms with Gasteiger partial charge in [-0.1, -0.05) is 12.1 Å². The molecular formula is C17H18FNO2S. The molecule has 0 saturated carbocycles. The second-order valence-electron chi connectivity index (χ2n) is 5.64. The molecule has 5 heteroatoms. The highest BCUT2D eigenvalue weighted by Gasteiger charge is 2.37. The molecule has 2 aromatic rings. The molecule has 0 radical (unpaired) electrons. The highest BCUT2D eigenvalue weighted by atomic mass is 32.1. The number of aliphatic carboxylic acids is 1. The van der Waals surface area contributed by atoms with Crippen LogP contribution >= 0.6 is 11.3 Å². The Labute approximate surface area is 133 Å². The van der Waals surface area contributed by atoms with Crippen LogP contribution in [0.15, 0.2) is 36.4 Å². The average Bonchev–Trinajstić information content (AvgIpc) is 3.09. The summed E-state index contributed by atoms with van der Waals surface area (Å²) >= 11 is 1.64. The van der Waals surface area contributed by atoms with Crippen LogP contribution < -0.4 is 0 Å². The van der Waals surface area contributed by atoms with Crippen molar-refractivity contribution in [2.24, 2.45) is 0 Å². The Morgan fingerprint density at radius 2 is 2.23 bits per heavy atom. The lowest BCUT2D eigenvalue weighted by atomic mass is 10.0. The van der Waals surface area contributed by atoms with Crippen LogP contribution in [0.4, 0.5) is 4.39 Å². The van der Waals surface area contributed by atoms with Gasteiger partial charge in [0.25, 0.3) is 0 Å². The fourth-order valence-corrected chi connectivity index (χ4v) is 4.19. The van der Waals surface area contributed by atoms with Crippen molar-refractivity contribution in [2.45, 2.75) is 31.8 Å². The topological polar surface area (TPSA) is 40.5 Å². The van der Waals surface area contributed by atoms with E-state index in [9.17, 15) is 14.3 Å². The summed E-state index contributed by atoms with van der Waals surface area (Å²) < 4.78 is 13.7. The lowest BCUT2D eigenvalue weighted by Crippen LogP contribution is -2.39. The SMILES string of the molecule is Cc1ccc(C(c2cccc(F)c2)N2CCCC2C(=O)O)s1. The van der Waals surface area contributed by atoms with E-state index in [0.717, 1.165) is 23.4 Å². The van der Waals surface area contributed by atoms with Crippen LogP contribution in [0.5, 0.6) is 0 Å². The molecule has 1 aromatic heterocycles. The molecule has 3 rings (SSSR count). The average molecular weight is 319 g/mol. The van der Waals surface area contributed by atoms with Crippen LogP contribution in [0.3, 0.4) is 0 Å². The minimum atomic E-state index is -0.799. The minimum Gasteiger partial charge on any atom is -0.480 e. The molecule has 1 aliphatic rings. The van der Waals surface area contributed by atoms with Gasteiger partial charge in [0.15, 0.2) is 0 Å². The predicted octanol–water partition coefficient (Wildman–Crippen LogP) is 3.83.